The molecule has 4 rings (SSSR count). The van der Waals surface area contributed by atoms with E-state index in [1.54, 1.807) is 7.11 Å². The summed E-state index contributed by atoms with van der Waals surface area (Å²) in [5, 5.41) is 12.5. The first-order valence-corrected chi connectivity index (χ1v) is 9.79. The van der Waals surface area contributed by atoms with Gasteiger partial charge in [0, 0.05) is 14.6 Å². The minimum absolute atomic E-state index is 0.175. The van der Waals surface area contributed by atoms with Crippen LogP contribution in [0.5, 0.6) is 17.2 Å². The molecule has 0 saturated carbocycles. The average Bonchev–Trinajstić information content (AvgIpc) is 2.98. The van der Waals surface area contributed by atoms with Crippen molar-refractivity contribution in [2.75, 3.05) is 7.11 Å². The number of fused-ring (bicyclic) bond motifs is 2. The van der Waals surface area contributed by atoms with Crippen LogP contribution in [0.2, 0.25) is 0 Å². The maximum Gasteiger partial charge on any atom is 0.349 e. The molecule has 0 saturated heterocycles. The van der Waals surface area contributed by atoms with Gasteiger partial charge in [-0.3, -0.25) is 0 Å². The van der Waals surface area contributed by atoms with Crippen LogP contribution in [-0.4, -0.2) is 18.2 Å². The first-order valence-electron chi connectivity index (χ1n) is 8.18. The molecule has 0 spiro atoms. The van der Waals surface area contributed by atoms with Crippen molar-refractivity contribution in [3.63, 3.8) is 0 Å². The van der Waals surface area contributed by atoms with Crippen LogP contribution in [0, 0.1) is 6.92 Å². The third kappa shape index (κ3) is 3.26. The van der Waals surface area contributed by atoms with Gasteiger partial charge in [-0.05, 0) is 59.7 Å². The summed E-state index contributed by atoms with van der Waals surface area (Å²) < 4.78 is 13.3. The maximum atomic E-state index is 11.8. The highest BCUT2D eigenvalue weighted by Gasteiger charge is 2.21. The average molecular weight is 443 g/mol. The molecule has 0 aliphatic carbocycles. The molecule has 0 aliphatic rings. The first kappa shape index (κ1) is 17.8. The van der Waals surface area contributed by atoms with E-state index in [0.29, 0.717) is 17.2 Å². The molecule has 136 valence electrons. The maximum absolute atomic E-state index is 11.8. The second kappa shape index (κ2) is 6.87. The monoisotopic (exact) mass is 442 g/mol. The summed E-state index contributed by atoms with van der Waals surface area (Å²) >= 11 is 4.67. The Bertz CT molecular complexity index is 1200. The molecule has 0 bridgehead atoms. The van der Waals surface area contributed by atoms with Crippen LogP contribution in [0.3, 0.4) is 0 Å². The largest absolute Gasteiger partial charge is 0.496 e. The second-order valence-corrected chi connectivity index (χ2v) is 8.11. The van der Waals surface area contributed by atoms with Crippen molar-refractivity contribution in [2.45, 2.75) is 6.92 Å². The standard InChI is InChI=1S/C21H15BrO4S/c1-11-7-18-16(10-17(11)25-2)19(20(27-18)21(23)24)26-15-6-4-12-8-14(22)5-3-13(12)9-15/h3-10H,1-2H3,(H,23,24). The van der Waals surface area contributed by atoms with Crippen LogP contribution in [0.1, 0.15) is 15.2 Å². The van der Waals surface area contributed by atoms with Gasteiger partial charge in [-0.2, -0.15) is 0 Å². The van der Waals surface area contributed by atoms with Gasteiger partial charge in [0.05, 0.1) is 7.11 Å². The molecular formula is C21H15BrO4S. The van der Waals surface area contributed by atoms with Gasteiger partial charge in [-0.25, -0.2) is 4.79 Å². The van der Waals surface area contributed by atoms with E-state index < -0.39 is 5.97 Å². The number of hydrogen-bond donors (Lipinski definition) is 1. The Balaban J connectivity index is 1.86. The number of aryl methyl sites for hydroxylation is 1. The number of thiophene rings is 1. The number of carboxylic acid groups (broad SMARTS) is 1. The fourth-order valence-corrected chi connectivity index (χ4v) is 4.47. The third-order valence-electron chi connectivity index (χ3n) is 4.35. The number of hydrogen-bond acceptors (Lipinski definition) is 4. The molecule has 0 amide bonds. The zero-order chi connectivity index (χ0) is 19.1. The number of aromatic carboxylic acids is 1. The number of carbonyl (C=O) groups is 1. The predicted octanol–water partition coefficient (Wildman–Crippen LogP) is 6.62. The molecule has 0 radical (unpaired) electrons. The molecule has 0 aliphatic heterocycles. The van der Waals surface area contributed by atoms with Crippen LogP contribution in [0.25, 0.3) is 20.9 Å². The Morgan fingerprint density at radius 1 is 1.07 bits per heavy atom. The lowest BCUT2D eigenvalue weighted by atomic mass is 10.1. The quantitative estimate of drug-likeness (QED) is 0.385. The van der Waals surface area contributed by atoms with Gasteiger partial charge in [0.2, 0.25) is 0 Å². The molecule has 1 heterocycles. The minimum atomic E-state index is -1.01. The van der Waals surface area contributed by atoms with Gasteiger partial charge in [-0.15, -0.1) is 11.3 Å². The predicted molar refractivity (Wildman–Crippen MR) is 112 cm³/mol. The van der Waals surface area contributed by atoms with Crippen molar-refractivity contribution in [3.05, 3.63) is 63.4 Å². The SMILES string of the molecule is COc1cc2c(Oc3ccc4cc(Br)ccc4c3)c(C(=O)O)sc2cc1C. The molecular weight excluding hydrogens is 428 g/mol. The van der Waals surface area contributed by atoms with Crippen molar-refractivity contribution in [2.24, 2.45) is 0 Å². The molecule has 0 fully saturated rings. The van der Waals surface area contributed by atoms with Crippen LogP contribution < -0.4 is 9.47 Å². The highest BCUT2D eigenvalue weighted by molar-refractivity contribution is 9.10. The molecule has 27 heavy (non-hydrogen) atoms. The van der Waals surface area contributed by atoms with E-state index in [1.165, 1.54) is 11.3 Å². The number of benzene rings is 3. The van der Waals surface area contributed by atoms with Gasteiger partial charge in [0.1, 0.15) is 11.5 Å². The lowest BCUT2D eigenvalue weighted by molar-refractivity contribution is 0.0700. The third-order valence-corrected chi connectivity index (χ3v) is 5.96. The fraction of sp³-hybridized carbons (Fsp3) is 0.0952. The summed E-state index contributed by atoms with van der Waals surface area (Å²) in [7, 11) is 1.60. The molecule has 4 aromatic rings. The lowest BCUT2D eigenvalue weighted by Gasteiger charge is -2.09. The Kier molecular flexibility index (Phi) is 4.53. The molecule has 3 aromatic carbocycles. The number of ether oxygens (including phenoxy) is 2. The zero-order valence-electron chi connectivity index (χ0n) is 14.6. The Morgan fingerprint density at radius 3 is 2.56 bits per heavy atom. The van der Waals surface area contributed by atoms with Gasteiger partial charge >= 0.3 is 5.97 Å². The van der Waals surface area contributed by atoms with Crippen molar-refractivity contribution in [1.82, 2.24) is 0 Å². The smallest absolute Gasteiger partial charge is 0.349 e. The van der Waals surface area contributed by atoms with E-state index in [0.717, 1.165) is 30.9 Å². The summed E-state index contributed by atoms with van der Waals surface area (Å²) in [6, 6.07) is 15.4. The topological polar surface area (TPSA) is 55.8 Å². The van der Waals surface area contributed by atoms with E-state index in [-0.39, 0.29) is 4.88 Å². The van der Waals surface area contributed by atoms with Crippen molar-refractivity contribution < 1.29 is 19.4 Å². The van der Waals surface area contributed by atoms with Crippen LogP contribution in [-0.2, 0) is 0 Å². The van der Waals surface area contributed by atoms with Crippen molar-refractivity contribution in [3.8, 4) is 17.2 Å². The highest BCUT2D eigenvalue weighted by Crippen LogP contribution is 2.43. The second-order valence-electron chi connectivity index (χ2n) is 6.14. The van der Waals surface area contributed by atoms with Crippen molar-refractivity contribution in [1.29, 1.82) is 0 Å². The lowest BCUT2D eigenvalue weighted by Crippen LogP contribution is -1.96. The summed E-state index contributed by atoms with van der Waals surface area (Å²) in [6.07, 6.45) is 0. The fourth-order valence-electron chi connectivity index (χ4n) is 3.04. The van der Waals surface area contributed by atoms with Gasteiger partial charge in [0.15, 0.2) is 10.6 Å². The molecule has 1 N–H and O–H groups in total. The summed E-state index contributed by atoms with van der Waals surface area (Å²) in [5.41, 5.74) is 0.950. The first-order chi connectivity index (χ1) is 13.0. The van der Waals surface area contributed by atoms with E-state index in [9.17, 15) is 9.90 Å². The summed E-state index contributed by atoms with van der Waals surface area (Å²) in [4.78, 5) is 11.9. The Hall–Kier alpha value is -2.57. The summed E-state index contributed by atoms with van der Waals surface area (Å²) in [5.74, 6) is 0.627. The Labute approximate surface area is 168 Å². The highest BCUT2D eigenvalue weighted by atomic mass is 79.9. The molecule has 0 atom stereocenters. The Morgan fingerprint density at radius 2 is 1.81 bits per heavy atom. The minimum Gasteiger partial charge on any atom is -0.496 e. The van der Waals surface area contributed by atoms with E-state index in [2.05, 4.69) is 15.9 Å². The zero-order valence-corrected chi connectivity index (χ0v) is 17.0. The van der Waals surface area contributed by atoms with E-state index in [4.69, 9.17) is 9.47 Å². The molecule has 0 unspecified atom stereocenters. The van der Waals surface area contributed by atoms with Crippen LogP contribution in [0.15, 0.2) is 53.0 Å². The number of halogens is 1. The molecule has 1 aromatic heterocycles. The van der Waals surface area contributed by atoms with Crippen molar-refractivity contribution >= 4 is 54.1 Å². The van der Waals surface area contributed by atoms with Crippen LogP contribution >= 0.6 is 27.3 Å². The van der Waals surface area contributed by atoms with E-state index in [1.807, 2.05) is 55.5 Å². The van der Waals surface area contributed by atoms with Gasteiger partial charge in [0.25, 0.3) is 0 Å². The molecule has 6 heteroatoms. The molecule has 4 nitrogen and oxygen atoms in total. The summed E-state index contributed by atoms with van der Waals surface area (Å²) in [6.45, 7) is 1.93. The van der Waals surface area contributed by atoms with Crippen LogP contribution in [0.4, 0.5) is 0 Å². The van der Waals surface area contributed by atoms with Gasteiger partial charge in [-0.1, -0.05) is 28.1 Å². The van der Waals surface area contributed by atoms with E-state index >= 15 is 0 Å². The van der Waals surface area contributed by atoms with Gasteiger partial charge < -0.3 is 14.6 Å². The number of methoxy groups -OCH3 is 1. The number of rotatable bonds is 4. The number of carboxylic acids is 1. The normalized spacial score (nSPS) is 11.1.